The molecule has 2 aromatic heterocycles. The number of carboxylic acid groups (broad SMARTS) is 1. The lowest BCUT2D eigenvalue weighted by Gasteiger charge is -2.23. The van der Waals surface area contributed by atoms with Crippen molar-refractivity contribution in [2.75, 3.05) is 6.54 Å². The van der Waals surface area contributed by atoms with Gasteiger partial charge in [0, 0.05) is 30.4 Å². The summed E-state index contributed by atoms with van der Waals surface area (Å²) in [5.74, 6) is -0.806. The van der Waals surface area contributed by atoms with Crippen LogP contribution in [-0.4, -0.2) is 37.9 Å². The Morgan fingerprint density at radius 1 is 1.65 bits per heavy atom. The molecule has 17 heavy (non-hydrogen) atoms. The summed E-state index contributed by atoms with van der Waals surface area (Å²) >= 11 is 1.57. The van der Waals surface area contributed by atoms with Crippen molar-refractivity contribution in [1.82, 2.24) is 14.3 Å². The average molecular weight is 253 g/mol. The molecule has 2 rings (SSSR count). The molecule has 0 fully saturated rings. The van der Waals surface area contributed by atoms with Gasteiger partial charge >= 0.3 is 5.97 Å². The number of carboxylic acids is 1. The molecule has 2 aromatic rings. The van der Waals surface area contributed by atoms with Crippen LogP contribution in [0, 0.1) is 0 Å². The van der Waals surface area contributed by atoms with E-state index in [1.165, 1.54) is 0 Å². The predicted molar refractivity (Wildman–Crippen MR) is 66.3 cm³/mol. The fraction of sp³-hybridized carbons (Fsp3) is 0.455. The zero-order valence-electron chi connectivity index (χ0n) is 9.83. The van der Waals surface area contributed by atoms with Crippen LogP contribution in [0.2, 0.25) is 0 Å². The third-order valence-corrected chi connectivity index (χ3v) is 3.35. The predicted octanol–water partition coefficient (Wildman–Crippen LogP) is 1.69. The first kappa shape index (κ1) is 12.1. The minimum Gasteiger partial charge on any atom is -0.480 e. The maximum Gasteiger partial charge on any atom is 0.317 e. The van der Waals surface area contributed by atoms with Gasteiger partial charge in [-0.2, -0.15) is 0 Å². The van der Waals surface area contributed by atoms with Crippen LogP contribution in [0.1, 0.15) is 19.5 Å². The van der Waals surface area contributed by atoms with E-state index in [0.29, 0.717) is 6.54 Å². The Morgan fingerprint density at radius 2 is 2.41 bits per heavy atom. The van der Waals surface area contributed by atoms with Crippen molar-refractivity contribution in [3.63, 3.8) is 0 Å². The molecule has 0 aromatic carbocycles. The van der Waals surface area contributed by atoms with E-state index in [9.17, 15) is 4.79 Å². The van der Waals surface area contributed by atoms with Crippen LogP contribution in [0.25, 0.3) is 4.96 Å². The molecule has 1 N–H and O–H groups in total. The van der Waals surface area contributed by atoms with Crippen molar-refractivity contribution in [3.8, 4) is 0 Å². The molecule has 0 saturated heterocycles. The number of imidazole rings is 1. The van der Waals surface area contributed by atoms with E-state index >= 15 is 0 Å². The highest BCUT2D eigenvalue weighted by molar-refractivity contribution is 7.15. The van der Waals surface area contributed by atoms with E-state index in [-0.39, 0.29) is 12.6 Å². The molecule has 0 unspecified atom stereocenters. The third-order valence-electron chi connectivity index (χ3n) is 2.58. The maximum atomic E-state index is 10.8. The Balaban J connectivity index is 2.11. The molecule has 0 saturated carbocycles. The summed E-state index contributed by atoms with van der Waals surface area (Å²) in [7, 11) is 0. The van der Waals surface area contributed by atoms with Gasteiger partial charge in [0.15, 0.2) is 4.96 Å². The van der Waals surface area contributed by atoms with Gasteiger partial charge in [0.05, 0.1) is 12.2 Å². The Kier molecular flexibility index (Phi) is 3.44. The van der Waals surface area contributed by atoms with E-state index in [1.807, 2.05) is 40.9 Å². The fourth-order valence-electron chi connectivity index (χ4n) is 1.66. The van der Waals surface area contributed by atoms with Gasteiger partial charge in [0.25, 0.3) is 0 Å². The highest BCUT2D eigenvalue weighted by Gasteiger charge is 2.15. The van der Waals surface area contributed by atoms with Crippen molar-refractivity contribution in [2.45, 2.75) is 26.4 Å². The van der Waals surface area contributed by atoms with E-state index in [0.717, 1.165) is 10.7 Å². The summed E-state index contributed by atoms with van der Waals surface area (Å²) in [5.41, 5.74) is 0.909. The number of hydrogen-bond donors (Lipinski definition) is 1. The smallest absolute Gasteiger partial charge is 0.317 e. The lowest BCUT2D eigenvalue weighted by atomic mass is 10.3. The third kappa shape index (κ3) is 2.83. The summed E-state index contributed by atoms with van der Waals surface area (Å²) < 4.78 is 1.96. The van der Waals surface area contributed by atoms with Gasteiger partial charge < -0.3 is 5.11 Å². The number of rotatable bonds is 5. The molecule has 0 atom stereocenters. The standard InChI is InChI=1S/C11H15N3O2S/c1-8(2)14(7-10(15)16)6-9-5-13-3-4-17-11(13)12-9/h3-5,8H,6-7H2,1-2H3,(H,15,16). The van der Waals surface area contributed by atoms with Crippen LogP contribution in [-0.2, 0) is 11.3 Å². The molecule has 0 aliphatic carbocycles. The maximum absolute atomic E-state index is 10.8. The van der Waals surface area contributed by atoms with E-state index in [1.54, 1.807) is 11.3 Å². The minimum atomic E-state index is -0.806. The lowest BCUT2D eigenvalue weighted by Crippen LogP contribution is -2.35. The largest absolute Gasteiger partial charge is 0.480 e. The Bertz CT molecular complexity index is 489. The lowest BCUT2D eigenvalue weighted by molar-refractivity contribution is -0.138. The molecule has 0 radical (unpaired) electrons. The number of thiazole rings is 1. The van der Waals surface area contributed by atoms with Gasteiger partial charge in [0.1, 0.15) is 0 Å². The summed E-state index contributed by atoms with van der Waals surface area (Å²) in [5, 5.41) is 10.8. The molecule has 2 heterocycles. The number of carbonyl (C=O) groups is 1. The highest BCUT2D eigenvalue weighted by Crippen LogP contribution is 2.13. The van der Waals surface area contributed by atoms with Gasteiger partial charge in [-0.1, -0.05) is 0 Å². The average Bonchev–Trinajstić information content (AvgIpc) is 2.75. The van der Waals surface area contributed by atoms with Gasteiger partial charge in [-0.15, -0.1) is 11.3 Å². The van der Waals surface area contributed by atoms with Crippen molar-refractivity contribution < 1.29 is 9.90 Å². The normalized spacial score (nSPS) is 11.8. The van der Waals surface area contributed by atoms with Crippen LogP contribution in [0.5, 0.6) is 0 Å². The van der Waals surface area contributed by atoms with Gasteiger partial charge in [-0.3, -0.25) is 14.1 Å². The van der Waals surface area contributed by atoms with Crippen molar-refractivity contribution in [3.05, 3.63) is 23.5 Å². The molecule has 6 heteroatoms. The Hall–Kier alpha value is -1.40. The second-order valence-electron chi connectivity index (χ2n) is 4.22. The van der Waals surface area contributed by atoms with Gasteiger partial charge in [-0.25, -0.2) is 4.98 Å². The van der Waals surface area contributed by atoms with Gasteiger partial charge in [-0.05, 0) is 13.8 Å². The molecule has 0 spiro atoms. The Labute approximate surface area is 103 Å². The van der Waals surface area contributed by atoms with Crippen molar-refractivity contribution >= 4 is 22.3 Å². The number of fused-ring (bicyclic) bond motifs is 1. The summed E-state index contributed by atoms with van der Waals surface area (Å²) in [6.45, 7) is 4.59. The first-order valence-corrected chi connectivity index (χ1v) is 6.31. The number of aliphatic carboxylic acids is 1. The highest BCUT2D eigenvalue weighted by atomic mass is 32.1. The molecule has 0 aliphatic heterocycles. The quantitative estimate of drug-likeness (QED) is 0.881. The minimum absolute atomic E-state index is 0.0445. The van der Waals surface area contributed by atoms with E-state index in [4.69, 9.17) is 5.11 Å². The second kappa shape index (κ2) is 4.85. The zero-order chi connectivity index (χ0) is 12.4. The van der Waals surface area contributed by atoms with Crippen LogP contribution in [0.4, 0.5) is 0 Å². The van der Waals surface area contributed by atoms with Crippen LogP contribution in [0.3, 0.4) is 0 Å². The van der Waals surface area contributed by atoms with Crippen LogP contribution < -0.4 is 0 Å². The second-order valence-corrected chi connectivity index (χ2v) is 5.09. The molecule has 0 amide bonds. The first-order chi connectivity index (χ1) is 8.06. The Morgan fingerprint density at radius 3 is 3.00 bits per heavy atom. The van der Waals surface area contributed by atoms with Crippen LogP contribution >= 0.6 is 11.3 Å². The molecular formula is C11H15N3O2S. The molecular weight excluding hydrogens is 238 g/mol. The fourth-order valence-corrected chi connectivity index (χ4v) is 2.37. The van der Waals surface area contributed by atoms with E-state index < -0.39 is 5.97 Å². The van der Waals surface area contributed by atoms with E-state index in [2.05, 4.69) is 4.98 Å². The molecule has 0 aliphatic rings. The summed E-state index contributed by atoms with van der Waals surface area (Å²) in [4.78, 5) is 18.0. The summed E-state index contributed by atoms with van der Waals surface area (Å²) in [6.07, 6.45) is 3.90. The topological polar surface area (TPSA) is 57.8 Å². The summed E-state index contributed by atoms with van der Waals surface area (Å²) in [6, 6.07) is 0.186. The van der Waals surface area contributed by atoms with Crippen LogP contribution in [0.15, 0.2) is 17.8 Å². The van der Waals surface area contributed by atoms with Gasteiger partial charge in [0.2, 0.25) is 0 Å². The monoisotopic (exact) mass is 253 g/mol. The molecule has 5 nitrogen and oxygen atoms in total. The molecule has 0 bridgehead atoms. The number of aromatic nitrogens is 2. The zero-order valence-corrected chi connectivity index (χ0v) is 10.6. The SMILES string of the molecule is CC(C)N(CC(=O)O)Cc1cn2ccsc2n1. The first-order valence-electron chi connectivity index (χ1n) is 5.43. The number of hydrogen-bond acceptors (Lipinski definition) is 4. The number of nitrogens with zero attached hydrogens (tertiary/aromatic N) is 3. The van der Waals surface area contributed by atoms with Crippen molar-refractivity contribution in [1.29, 1.82) is 0 Å². The molecule has 92 valence electrons. The van der Waals surface area contributed by atoms with Crippen molar-refractivity contribution in [2.24, 2.45) is 0 Å².